The third-order valence-electron chi connectivity index (χ3n) is 5.20. The van der Waals surface area contributed by atoms with Crippen LogP contribution in [0.25, 0.3) is 10.9 Å². The first-order valence-corrected chi connectivity index (χ1v) is 11.1. The zero-order chi connectivity index (χ0) is 21.1. The Morgan fingerprint density at radius 3 is 2.53 bits per heavy atom. The molecular formula is C26H26N2OS. The lowest BCUT2D eigenvalue weighted by Crippen LogP contribution is -2.14. The number of para-hydroxylation sites is 1. The minimum Gasteiger partial charge on any atom is -0.342 e. The molecule has 1 amide bonds. The highest BCUT2D eigenvalue weighted by Crippen LogP contribution is 2.31. The van der Waals surface area contributed by atoms with E-state index in [4.69, 9.17) is 0 Å². The van der Waals surface area contributed by atoms with Gasteiger partial charge in [-0.05, 0) is 44.0 Å². The van der Waals surface area contributed by atoms with E-state index in [1.807, 2.05) is 19.1 Å². The molecule has 0 spiro atoms. The third-order valence-corrected chi connectivity index (χ3v) is 6.25. The van der Waals surface area contributed by atoms with Crippen LogP contribution in [0.3, 0.4) is 0 Å². The number of nitrogens with zero attached hydrogens (tertiary/aromatic N) is 1. The molecule has 1 aromatic heterocycles. The zero-order valence-electron chi connectivity index (χ0n) is 17.6. The molecule has 0 saturated carbocycles. The van der Waals surface area contributed by atoms with Crippen molar-refractivity contribution < 1.29 is 4.79 Å². The number of aromatic nitrogens is 1. The fourth-order valence-corrected chi connectivity index (χ4v) is 4.64. The van der Waals surface area contributed by atoms with Crippen molar-refractivity contribution in [3.63, 3.8) is 0 Å². The minimum absolute atomic E-state index is 0.0162. The Balaban J connectivity index is 1.51. The summed E-state index contributed by atoms with van der Waals surface area (Å²) in [5, 5.41) is 4.23. The summed E-state index contributed by atoms with van der Waals surface area (Å²) in [4.78, 5) is 13.7. The average molecular weight is 415 g/mol. The number of thioether (sulfide) groups is 1. The van der Waals surface area contributed by atoms with Crippen LogP contribution in [-0.2, 0) is 11.3 Å². The SMILES string of the molecule is Cc1cccc(Cn2cc(SCC(=O)Nc3ccc(C)cc3C)c3ccccc32)c1. The van der Waals surface area contributed by atoms with Gasteiger partial charge in [0.25, 0.3) is 0 Å². The molecule has 3 aromatic carbocycles. The van der Waals surface area contributed by atoms with E-state index in [0.29, 0.717) is 5.75 Å². The average Bonchev–Trinajstić information content (AvgIpc) is 3.06. The van der Waals surface area contributed by atoms with Crippen molar-refractivity contribution in [3.05, 3.63) is 95.2 Å². The van der Waals surface area contributed by atoms with Gasteiger partial charge in [-0.1, -0.05) is 65.7 Å². The summed E-state index contributed by atoms with van der Waals surface area (Å²) in [6.45, 7) is 7.01. The molecule has 0 radical (unpaired) electrons. The van der Waals surface area contributed by atoms with Crippen molar-refractivity contribution in [2.75, 3.05) is 11.1 Å². The van der Waals surface area contributed by atoms with Crippen LogP contribution in [0.15, 0.2) is 77.8 Å². The van der Waals surface area contributed by atoms with Gasteiger partial charge in [0, 0.05) is 34.2 Å². The van der Waals surface area contributed by atoms with Crippen LogP contribution in [0.5, 0.6) is 0 Å². The van der Waals surface area contributed by atoms with Gasteiger partial charge in [0.2, 0.25) is 5.91 Å². The Labute approximate surface area is 182 Å². The molecule has 1 heterocycles. The Bertz CT molecular complexity index is 1210. The fourth-order valence-electron chi connectivity index (χ4n) is 3.75. The number of aryl methyl sites for hydroxylation is 3. The zero-order valence-corrected chi connectivity index (χ0v) is 18.4. The van der Waals surface area contributed by atoms with E-state index < -0.39 is 0 Å². The lowest BCUT2D eigenvalue weighted by Gasteiger charge is -2.09. The second-order valence-electron chi connectivity index (χ2n) is 7.78. The lowest BCUT2D eigenvalue weighted by molar-refractivity contribution is -0.113. The van der Waals surface area contributed by atoms with Crippen LogP contribution < -0.4 is 5.32 Å². The van der Waals surface area contributed by atoms with Crippen LogP contribution in [-0.4, -0.2) is 16.2 Å². The molecule has 4 heteroatoms. The molecule has 0 aliphatic rings. The van der Waals surface area contributed by atoms with E-state index in [1.165, 1.54) is 27.6 Å². The highest BCUT2D eigenvalue weighted by Gasteiger charge is 2.12. The number of hydrogen-bond acceptors (Lipinski definition) is 2. The molecular weight excluding hydrogens is 388 g/mol. The molecule has 4 rings (SSSR count). The third kappa shape index (κ3) is 4.60. The molecule has 0 saturated heterocycles. The molecule has 0 aliphatic carbocycles. The second-order valence-corrected chi connectivity index (χ2v) is 8.80. The molecule has 152 valence electrons. The maximum atomic E-state index is 12.6. The quantitative estimate of drug-likeness (QED) is 0.373. The van der Waals surface area contributed by atoms with Crippen molar-refractivity contribution in [3.8, 4) is 0 Å². The van der Waals surface area contributed by atoms with Gasteiger partial charge in [0.05, 0.1) is 5.75 Å². The number of amides is 1. The van der Waals surface area contributed by atoms with Gasteiger partial charge >= 0.3 is 0 Å². The molecule has 0 aliphatic heterocycles. The van der Waals surface area contributed by atoms with Gasteiger partial charge in [-0.25, -0.2) is 0 Å². The Kier molecular flexibility index (Phi) is 5.96. The standard InChI is InChI=1S/C26H26N2OS/c1-18-7-6-8-21(14-18)15-28-16-25(22-9-4-5-10-24(22)28)30-17-26(29)27-23-12-11-19(2)13-20(23)3/h4-14,16H,15,17H2,1-3H3,(H,27,29). The van der Waals surface area contributed by atoms with Gasteiger partial charge in [0.15, 0.2) is 0 Å². The lowest BCUT2D eigenvalue weighted by atomic mass is 10.1. The van der Waals surface area contributed by atoms with Crippen molar-refractivity contribution >= 4 is 34.3 Å². The van der Waals surface area contributed by atoms with Gasteiger partial charge in [-0.2, -0.15) is 0 Å². The first-order valence-electron chi connectivity index (χ1n) is 10.1. The van der Waals surface area contributed by atoms with Crippen LogP contribution in [0.4, 0.5) is 5.69 Å². The smallest absolute Gasteiger partial charge is 0.234 e. The number of hydrogen-bond donors (Lipinski definition) is 1. The predicted octanol–water partition coefficient (Wildman–Crippen LogP) is 6.35. The van der Waals surface area contributed by atoms with E-state index in [-0.39, 0.29) is 5.91 Å². The molecule has 0 fully saturated rings. The Hall–Kier alpha value is -2.98. The van der Waals surface area contributed by atoms with Gasteiger partial charge in [-0.15, -0.1) is 11.8 Å². The number of carbonyl (C=O) groups is 1. The van der Waals surface area contributed by atoms with Crippen molar-refractivity contribution in [2.45, 2.75) is 32.2 Å². The number of nitrogens with one attached hydrogen (secondary N) is 1. The predicted molar refractivity (Wildman–Crippen MR) is 127 cm³/mol. The highest BCUT2D eigenvalue weighted by atomic mass is 32.2. The summed E-state index contributed by atoms with van der Waals surface area (Å²) < 4.78 is 2.27. The van der Waals surface area contributed by atoms with E-state index in [2.05, 4.69) is 84.5 Å². The Morgan fingerprint density at radius 2 is 1.73 bits per heavy atom. The first kappa shape index (κ1) is 20.3. The summed E-state index contributed by atoms with van der Waals surface area (Å²) >= 11 is 1.59. The van der Waals surface area contributed by atoms with E-state index >= 15 is 0 Å². The number of fused-ring (bicyclic) bond motifs is 1. The second kappa shape index (κ2) is 8.80. The maximum absolute atomic E-state index is 12.6. The van der Waals surface area contributed by atoms with E-state index in [1.54, 1.807) is 11.8 Å². The molecule has 4 aromatic rings. The summed E-state index contributed by atoms with van der Waals surface area (Å²) in [5.41, 5.74) is 6.90. The minimum atomic E-state index is 0.0162. The van der Waals surface area contributed by atoms with Gasteiger partial charge in [-0.3, -0.25) is 4.79 Å². The summed E-state index contributed by atoms with van der Waals surface area (Å²) in [7, 11) is 0. The number of benzene rings is 3. The van der Waals surface area contributed by atoms with Gasteiger partial charge in [0.1, 0.15) is 0 Å². The number of anilines is 1. The largest absolute Gasteiger partial charge is 0.342 e. The topological polar surface area (TPSA) is 34.0 Å². The summed E-state index contributed by atoms with van der Waals surface area (Å²) in [6.07, 6.45) is 2.17. The monoisotopic (exact) mass is 414 g/mol. The summed E-state index contributed by atoms with van der Waals surface area (Å²) in [6, 6.07) is 23.1. The highest BCUT2D eigenvalue weighted by molar-refractivity contribution is 8.00. The van der Waals surface area contributed by atoms with Crippen molar-refractivity contribution in [1.29, 1.82) is 0 Å². The maximum Gasteiger partial charge on any atom is 0.234 e. The van der Waals surface area contributed by atoms with E-state index in [9.17, 15) is 4.79 Å². The molecule has 0 unspecified atom stereocenters. The molecule has 1 N–H and O–H groups in total. The molecule has 0 atom stereocenters. The molecule has 30 heavy (non-hydrogen) atoms. The number of carbonyl (C=O) groups excluding carboxylic acids is 1. The van der Waals surface area contributed by atoms with E-state index in [0.717, 1.165) is 22.7 Å². The Morgan fingerprint density at radius 1 is 0.933 bits per heavy atom. The van der Waals surface area contributed by atoms with Crippen LogP contribution in [0.1, 0.15) is 22.3 Å². The van der Waals surface area contributed by atoms with Crippen molar-refractivity contribution in [1.82, 2.24) is 4.57 Å². The first-order chi connectivity index (χ1) is 14.5. The number of rotatable bonds is 6. The molecule has 0 bridgehead atoms. The summed E-state index contributed by atoms with van der Waals surface area (Å²) in [5.74, 6) is 0.397. The van der Waals surface area contributed by atoms with Crippen LogP contribution in [0.2, 0.25) is 0 Å². The van der Waals surface area contributed by atoms with Crippen LogP contribution in [0, 0.1) is 20.8 Å². The van der Waals surface area contributed by atoms with Crippen LogP contribution >= 0.6 is 11.8 Å². The van der Waals surface area contributed by atoms with Gasteiger partial charge < -0.3 is 9.88 Å². The normalized spacial score (nSPS) is 11.0. The fraction of sp³-hybridized carbons (Fsp3) is 0.192. The molecule has 3 nitrogen and oxygen atoms in total. The van der Waals surface area contributed by atoms with Crippen molar-refractivity contribution in [2.24, 2.45) is 0 Å².